The Labute approximate surface area is 226 Å². The van der Waals surface area contributed by atoms with E-state index >= 15 is 0 Å². The highest BCUT2D eigenvalue weighted by Crippen LogP contribution is 2.20. The predicted molar refractivity (Wildman–Crippen MR) is 147 cm³/mol. The number of fused-ring (bicyclic) bond motifs is 1. The molecule has 2 atom stereocenters. The number of carbonyl (C=O) groups is 4. The number of hydrogen-bond donors (Lipinski definition) is 4. The second-order valence-corrected chi connectivity index (χ2v) is 9.70. The number of piperazine rings is 1. The third-order valence-corrected chi connectivity index (χ3v) is 6.57. The van der Waals surface area contributed by atoms with E-state index in [-0.39, 0.29) is 38.1 Å². The zero-order valence-electron chi connectivity index (χ0n) is 22.3. The first kappa shape index (κ1) is 27.5. The molecule has 5 amide bonds. The van der Waals surface area contributed by atoms with Gasteiger partial charge in [-0.25, -0.2) is 14.4 Å². The molecule has 2 aromatic carbocycles. The number of nitrogens with one attached hydrogen (secondary N) is 4. The highest BCUT2D eigenvalue weighted by Gasteiger charge is 2.39. The highest BCUT2D eigenvalue weighted by atomic mass is 16.5. The molecule has 11 nitrogen and oxygen atoms in total. The van der Waals surface area contributed by atoms with E-state index in [1.165, 1.54) is 16.9 Å². The van der Waals surface area contributed by atoms with Crippen LogP contribution in [0.5, 0.6) is 0 Å². The van der Waals surface area contributed by atoms with Gasteiger partial charge in [0.1, 0.15) is 12.1 Å². The summed E-state index contributed by atoms with van der Waals surface area (Å²) in [6, 6.07) is 13.7. The van der Waals surface area contributed by atoms with Gasteiger partial charge >= 0.3 is 18.0 Å². The van der Waals surface area contributed by atoms with Crippen molar-refractivity contribution in [2.75, 3.05) is 32.1 Å². The normalized spacial score (nSPS) is 16.1. The molecule has 1 aliphatic rings. The van der Waals surface area contributed by atoms with Crippen LogP contribution in [0.1, 0.15) is 19.4 Å². The van der Waals surface area contributed by atoms with Gasteiger partial charge in [-0.05, 0) is 37.6 Å². The van der Waals surface area contributed by atoms with Crippen molar-refractivity contribution in [3.05, 3.63) is 66.4 Å². The molecule has 1 fully saturated rings. The molecule has 0 spiro atoms. The Kier molecular flexibility index (Phi) is 8.70. The molecule has 0 saturated carbocycles. The number of hydrogen-bond acceptors (Lipinski definition) is 5. The predicted octanol–water partition coefficient (Wildman–Crippen LogP) is 2.70. The van der Waals surface area contributed by atoms with E-state index in [1.54, 1.807) is 30.5 Å². The fourth-order valence-corrected chi connectivity index (χ4v) is 4.61. The van der Waals surface area contributed by atoms with Crippen LogP contribution in [-0.4, -0.2) is 83.6 Å². The molecule has 1 aromatic heterocycles. The number of rotatable bonds is 7. The fourth-order valence-electron chi connectivity index (χ4n) is 4.61. The molecule has 0 unspecified atom stereocenters. The van der Waals surface area contributed by atoms with Gasteiger partial charge in [0.2, 0.25) is 5.91 Å². The van der Waals surface area contributed by atoms with E-state index < -0.39 is 30.0 Å². The van der Waals surface area contributed by atoms with Crippen molar-refractivity contribution >= 4 is 40.5 Å². The highest BCUT2D eigenvalue weighted by molar-refractivity contribution is 5.94. The van der Waals surface area contributed by atoms with Gasteiger partial charge in [0.05, 0.1) is 13.7 Å². The lowest BCUT2D eigenvalue weighted by Gasteiger charge is -2.41. The van der Waals surface area contributed by atoms with Crippen LogP contribution in [0.3, 0.4) is 0 Å². The van der Waals surface area contributed by atoms with E-state index in [9.17, 15) is 19.2 Å². The van der Waals surface area contributed by atoms with Crippen LogP contribution in [0.25, 0.3) is 10.9 Å². The largest absolute Gasteiger partial charge is 0.467 e. The Balaban J connectivity index is 1.53. The van der Waals surface area contributed by atoms with Crippen molar-refractivity contribution < 1.29 is 23.9 Å². The lowest BCUT2D eigenvalue weighted by molar-refractivity contribution is -0.145. The summed E-state index contributed by atoms with van der Waals surface area (Å²) in [5.74, 6) is -1.16. The van der Waals surface area contributed by atoms with E-state index in [0.717, 1.165) is 16.5 Å². The van der Waals surface area contributed by atoms with Gasteiger partial charge in [-0.3, -0.25) is 4.79 Å². The van der Waals surface area contributed by atoms with Crippen LogP contribution < -0.4 is 16.0 Å². The standard InChI is InChI=1S/C28H34N6O5/c1-18(2)30-28(38)34-14-13-33(27(37)31-20-9-5-4-6-10-20)17-24(34)25(35)32-23(26(36)39-3)15-19-16-29-22-12-8-7-11-21(19)22/h4-12,16,18,23-24,29H,13-15,17H2,1-3H3,(H,30,38)(H,31,37)(H,32,35)/t23-,24+/m1/s1. The maximum atomic E-state index is 13.6. The number of benzene rings is 2. The quantitative estimate of drug-likeness (QED) is 0.346. The SMILES string of the molecule is COC(=O)[C@@H](Cc1c[nH]c2ccccc12)NC(=O)[C@@H]1CN(C(=O)Nc2ccccc2)CCN1C(=O)NC(C)C. The number of nitrogens with zero attached hydrogens (tertiary/aromatic N) is 2. The first-order valence-electron chi connectivity index (χ1n) is 12.9. The van der Waals surface area contributed by atoms with Gasteiger partial charge in [-0.1, -0.05) is 36.4 Å². The van der Waals surface area contributed by atoms with Gasteiger partial charge in [0.25, 0.3) is 0 Å². The number of ether oxygens (including phenoxy) is 1. The first-order valence-corrected chi connectivity index (χ1v) is 12.9. The maximum absolute atomic E-state index is 13.6. The first-order chi connectivity index (χ1) is 18.8. The minimum absolute atomic E-state index is 0.0446. The molecule has 0 bridgehead atoms. The third kappa shape index (κ3) is 6.67. The Hall–Kier alpha value is -4.54. The van der Waals surface area contributed by atoms with E-state index in [1.807, 2.05) is 44.2 Å². The van der Waals surface area contributed by atoms with E-state index in [0.29, 0.717) is 5.69 Å². The molecule has 206 valence electrons. The topological polar surface area (TPSA) is 136 Å². The summed E-state index contributed by atoms with van der Waals surface area (Å²) in [4.78, 5) is 58.4. The Morgan fingerprint density at radius 1 is 0.974 bits per heavy atom. The molecule has 1 aliphatic heterocycles. The van der Waals surface area contributed by atoms with Crippen LogP contribution in [0.4, 0.5) is 15.3 Å². The summed E-state index contributed by atoms with van der Waals surface area (Å²) < 4.78 is 4.98. The summed E-state index contributed by atoms with van der Waals surface area (Å²) in [6.07, 6.45) is 1.98. The molecule has 0 aliphatic carbocycles. The summed E-state index contributed by atoms with van der Waals surface area (Å²) in [7, 11) is 1.26. The number of aromatic amines is 1. The molecular formula is C28H34N6O5. The van der Waals surface area contributed by atoms with Crippen LogP contribution >= 0.6 is 0 Å². The summed E-state index contributed by atoms with van der Waals surface area (Å²) in [5, 5.41) is 9.35. The number of aromatic nitrogens is 1. The lowest BCUT2D eigenvalue weighted by atomic mass is 10.0. The third-order valence-electron chi connectivity index (χ3n) is 6.57. The van der Waals surface area contributed by atoms with Crippen molar-refractivity contribution in [1.82, 2.24) is 25.4 Å². The van der Waals surface area contributed by atoms with E-state index in [2.05, 4.69) is 20.9 Å². The zero-order valence-corrected chi connectivity index (χ0v) is 22.3. The van der Waals surface area contributed by atoms with Crippen molar-refractivity contribution in [3.8, 4) is 0 Å². The number of carbonyl (C=O) groups excluding carboxylic acids is 4. The summed E-state index contributed by atoms with van der Waals surface area (Å²) in [5.41, 5.74) is 2.36. The molecule has 39 heavy (non-hydrogen) atoms. The van der Waals surface area contributed by atoms with Gasteiger partial charge in [0, 0.05) is 48.3 Å². The maximum Gasteiger partial charge on any atom is 0.328 e. The van der Waals surface area contributed by atoms with Crippen molar-refractivity contribution in [2.24, 2.45) is 0 Å². The number of para-hydroxylation sites is 2. The Morgan fingerprint density at radius 2 is 1.69 bits per heavy atom. The van der Waals surface area contributed by atoms with Crippen LogP contribution in [0, 0.1) is 0 Å². The molecule has 2 heterocycles. The molecule has 11 heteroatoms. The van der Waals surface area contributed by atoms with Crippen molar-refractivity contribution in [3.63, 3.8) is 0 Å². The average molecular weight is 535 g/mol. The molecular weight excluding hydrogens is 500 g/mol. The molecule has 4 N–H and O–H groups in total. The Bertz CT molecular complexity index is 1320. The minimum Gasteiger partial charge on any atom is -0.467 e. The number of urea groups is 2. The number of H-pyrrole nitrogens is 1. The zero-order chi connectivity index (χ0) is 27.9. The smallest absolute Gasteiger partial charge is 0.328 e. The van der Waals surface area contributed by atoms with Gasteiger partial charge in [-0.15, -0.1) is 0 Å². The number of esters is 1. The fraction of sp³-hybridized carbons (Fsp3) is 0.357. The second kappa shape index (κ2) is 12.3. The number of methoxy groups -OCH3 is 1. The second-order valence-electron chi connectivity index (χ2n) is 9.70. The summed E-state index contributed by atoms with van der Waals surface area (Å²) >= 11 is 0. The summed E-state index contributed by atoms with van der Waals surface area (Å²) in [6.45, 7) is 3.99. The van der Waals surface area contributed by atoms with Crippen LogP contribution in [0.15, 0.2) is 60.8 Å². The van der Waals surface area contributed by atoms with Crippen molar-refractivity contribution in [2.45, 2.75) is 38.4 Å². The van der Waals surface area contributed by atoms with Crippen molar-refractivity contribution in [1.29, 1.82) is 0 Å². The van der Waals surface area contributed by atoms with E-state index in [4.69, 9.17) is 4.74 Å². The molecule has 0 radical (unpaired) electrons. The Morgan fingerprint density at radius 3 is 2.41 bits per heavy atom. The van der Waals surface area contributed by atoms with Crippen LogP contribution in [-0.2, 0) is 20.7 Å². The monoisotopic (exact) mass is 534 g/mol. The van der Waals surface area contributed by atoms with Gasteiger partial charge in [0.15, 0.2) is 0 Å². The number of anilines is 1. The average Bonchev–Trinajstić information content (AvgIpc) is 3.34. The lowest BCUT2D eigenvalue weighted by Crippen LogP contribution is -2.65. The van der Waals surface area contributed by atoms with Crippen LogP contribution in [0.2, 0.25) is 0 Å². The minimum atomic E-state index is -1.02. The molecule has 1 saturated heterocycles. The molecule has 3 aromatic rings. The van der Waals surface area contributed by atoms with Gasteiger partial charge < -0.3 is 35.5 Å². The van der Waals surface area contributed by atoms with Gasteiger partial charge in [-0.2, -0.15) is 0 Å². The number of amides is 5. The molecule has 4 rings (SSSR count).